The molecule has 1 atom stereocenters. The summed E-state index contributed by atoms with van der Waals surface area (Å²) in [5.74, 6) is 3.70. The number of fused-ring (bicyclic) bond motifs is 6. The van der Waals surface area contributed by atoms with Crippen LogP contribution >= 0.6 is 0 Å². The highest BCUT2D eigenvalue weighted by molar-refractivity contribution is 5.90. The molecule has 11 nitrogen and oxygen atoms in total. The molecule has 0 radical (unpaired) electrons. The van der Waals surface area contributed by atoms with Crippen LogP contribution in [0.4, 0.5) is 17.3 Å². The molecule has 6 heterocycles. The van der Waals surface area contributed by atoms with Crippen molar-refractivity contribution in [1.29, 1.82) is 0 Å². The molecule has 1 saturated heterocycles. The van der Waals surface area contributed by atoms with Gasteiger partial charge in [-0.05, 0) is 36.8 Å². The lowest BCUT2D eigenvalue weighted by atomic mass is 10.2. The van der Waals surface area contributed by atoms with Crippen molar-refractivity contribution < 1.29 is 9.47 Å². The van der Waals surface area contributed by atoms with Crippen molar-refractivity contribution in [2.45, 2.75) is 13.0 Å². The highest BCUT2D eigenvalue weighted by Crippen LogP contribution is 2.35. The zero-order valence-corrected chi connectivity index (χ0v) is 19.5. The monoisotopic (exact) mass is 481 g/mol. The standard InChI is InChI=1S/C25H23N9O2/c1-15-8-16(2-3-20(15)36-18-4-6-34-22(9-18)28-14-30-34)31-24-23-19(27-13-29-24)10-21-25(32-23)33-7-5-26-17(11-33)12-35-21/h2-4,6,8-10,13-14,17,26H,5,7,11-12H2,1H3,(H,27,29,31). The quantitative estimate of drug-likeness (QED) is 0.397. The second-order valence-corrected chi connectivity index (χ2v) is 8.94. The summed E-state index contributed by atoms with van der Waals surface area (Å²) in [4.78, 5) is 20.4. The van der Waals surface area contributed by atoms with Gasteiger partial charge in [-0.2, -0.15) is 5.10 Å². The number of hydrogen-bond donors (Lipinski definition) is 2. The van der Waals surface area contributed by atoms with Crippen molar-refractivity contribution in [3.05, 3.63) is 60.8 Å². The maximum atomic E-state index is 6.10. The highest BCUT2D eigenvalue weighted by atomic mass is 16.5. The van der Waals surface area contributed by atoms with Gasteiger partial charge in [0.05, 0.1) is 11.6 Å². The number of ether oxygens (including phenoxy) is 2. The molecule has 0 spiro atoms. The third-order valence-corrected chi connectivity index (χ3v) is 6.47. The smallest absolute Gasteiger partial charge is 0.172 e. The fourth-order valence-corrected chi connectivity index (χ4v) is 4.67. The van der Waals surface area contributed by atoms with Crippen LogP contribution in [0.3, 0.4) is 0 Å². The van der Waals surface area contributed by atoms with Gasteiger partial charge in [0.25, 0.3) is 0 Å². The molecule has 1 aromatic carbocycles. The molecule has 180 valence electrons. The molecule has 36 heavy (non-hydrogen) atoms. The van der Waals surface area contributed by atoms with E-state index in [0.29, 0.717) is 29.7 Å². The van der Waals surface area contributed by atoms with Crippen LogP contribution in [0.2, 0.25) is 0 Å². The lowest BCUT2D eigenvalue weighted by molar-refractivity contribution is 0.271. The number of piperazine rings is 1. The first-order valence-corrected chi connectivity index (χ1v) is 11.8. The van der Waals surface area contributed by atoms with Crippen LogP contribution in [0.5, 0.6) is 17.2 Å². The highest BCUT2D eigenvalue weighted by Gasteiger charge is 2.28. The maximum Gasteiger partial charge on any atom is 0.172 e. The summed E-state index contributed by atoms with van der Waals surface area (Å²) in [5.41, 5.74) is 4.02. The summed E-state index contributed by atoms with van der Waals surface area (Å²) < 4.78 is 13.9. The Balaban J connectivity index is 1.18. The van der Waals surface area contributed by atoms with E-state index in [1.54, 1.807) is 10.8 Å². The van der Waals surface area contributed by atoms with Crippen LogP contribution in [-0.2, 0) is 0 Å². The molecule has 0 amide bonds. The summed E-state index contributed by atoms with van der Waals surface area (Å²) in [6.45, 7) is 5.28. The topological polar surface area (TPSA) is 115 Å². The van der Waals surface area contributed by atoms with E-state index >= 15 is 0 Å². The first-order valence-electron chi connectivity index (χ1n) is 11.8. The molecular weight excluding hydrogens is 458 g/mol. The summed E-state index contributed by atoms with van der Waals surface area (Å²) in [7, 11) is 0. The van der Waals surface area contributed by atoms with Crippen molar-refractivity contribution in [2.24, 2.45) is 0 Å². The summed E-state index contributed by atoms with van der Waals surface area (Å²) in [5, 5.41) is 11.0. The van der Waals surface area contributed by atoms with E-state index in [2.05, 4.69) is 35.6 Å². The third kappa shape index (κ3) is 3.69. The minimum atomic E-state index is 0.293. The number of aromatic nitrogens is 6. The van der Waals surface area contributed by atoms with Gasteiger partial charge in [0.1, 0.15) is 36.3 Å². The Morgan fingerprint density at radius 3 is 3.03 bits per heavy atom. The number of rotatable bonds is 4. The minimum Gasteiger partial charge on any atom is -0.488 e. The number of nitrogens with zero attached hydrogens (tertiary/aromatic N) is 7. The lowest BCUT2D eigenvalue weighted by Gasteiger charge is -2.31. The van der Waals surface area contributed by atoms with E-state index in [1.807, 2.05) is 49.5 Å². The van der Waals surface area contributed by atoms with Crippen molar-refractivity contribution in [2.75, 3.05) is 36.5 Å². The van der Waals surface area contributed by atoms with Crippen LogP contribution < -0.4 is 25.0 Å². The fraction of sp³-hybridized carbons (Fsp3) is 0.240. The molecule has 1 fully saturated rings. The van der Waals surface area contributed by atoms with Gasteiger partial charge in [-0.1, -0.05) is 0 Å². The Kier molecular flexibility index (Phi) is 4.81. The number of benzene rings is 1. The van der Waals surface area contributed by atoms with Crippen LogP contribution in [0.1, 0.15) is 5.56 Å². The normalized spacial score (nSPS) is 16.9. The van der Waals surface area contributed by atoms with Gasteiger partial charge in [0.2, 0.25) is 0 Å². The van der Waals surface area contributed by atoms with Crippen LogP contribution in [0.15, 0.2) is 55.2 Å². The summed E-state index contributed by atoms with van der Waals surface area (Å²) in [6.07, 6.45) is 4.88. The van der Waals surface area contributed by atoms with Crippen molar-refractivity contribution in [1.82, 2.24) is 34.9 Å². The molecule has 0 aliphatic carbocycles. The molecular formula is C25H23N9O2. The Labute approximate surface area is 206 Å². The molecule has 2 aliphatic heterocycles. The van der Waals surface area contributed by atoms with Gasteiger partial charge in [-0.3, -0.25) is 0 Å². The molecule has 2 aliphatic rings. The first-order chi connectivity index (χ1) is 17.7. The molecule has 1 unspecified atom stereocenters. The van der Waals surface area contributed by atoms with Gasteiger partial charge in [0.15, 0.2) is 23.0 Å². The molecule has 5 aromatic rings. The van der Waals surface area contributed by atoms with Crippen molar-refractivity contribution in [3.63, 3.8) is 0 Å². The summed E-state index contributed by atoms with van der Waals surface area (Å²) >= 11 is 0. The predicted molar refractivity (Wildman–Crippen MR) is 134 cm³/mol. The third-order valence-electron chi connectivity index (χ3n) is 6.47. The molecule has 2 N–H and O–H groups in total. The Morgan fingerprint density at radius 2 is 2.08 bits per heavy atom. The lowest BCUT2D eigenvalue weighted by Crippen LogP contribution is -2.51. The van der Waals surface area contributed by atoms with E-state index < -0.39 is 0 Å². The van der Waals surface area contributed by atoms with Gasteiger partial charge in [-0.15, -0.1) is 0 Å². The van der Waals surface area contributed by atoms with Gasteiger partial charge < -0.3 is 25.0 Å². The van der Waals surface area contributed by atoms with E-state index in [9.17, 15) is 0 Å². The minimum absolute atomic E-state index is 0.293. The molecule has 4 aromatic heterocycles. The molecule has 0 saturated carbocycles. The average molecular weight is 482 g/mol. The second-order valence-electron chi connectivity index (χ2n) is 8.94. The zero-order chi connectivity index (χ0) is 24.1. The number of anilines is 3. The van der Waals surface area contributed by atoms with E-state index in [0.717, 1.165) is 59.4 Å². The second kappa shape index (κ2) is 8.31. The Morgan fingerprint density at radius 1 is 1.11 bits per heavy atom. The van der Waals surface area contributed by atoms with Gasteiger partial charge in [-0.25, -0.2) is 24.5 Å². The fourth-order valence-electron chi connectivity index (χ4n) is 4.67. The number of hydrogen-bond acceptors (Lipinski definition) is 10. The summed E-state index contributed by atoms with van der Waals surface area (Å²) in [6, 6.07) is 11.9. The molecule has 11 heteroatoms. The van der Waals surface area contributed by atoms with E-state index in [1.165, 1.54) is 6.33 Å². The SMILES string of the molecule is Cc1cc(Nc2ncnc3cc4c(nc23)N2CCNC(CO4)C2)ccc1Oc1ccn2ncnc2c1. The van der Waals surface area contributed by atoms with E-state index in [-0.39, 0.29) is 0 Å². The number of pyridine rings is 2. The van der Waals surface area contributed by atoms with E-state index in [4.69, 9.17) is 14.5 Å². The Hall–Kier alpha value is -4.51. The zero-order valence-electron chi connectivity index (χ0n) is 19.5. The van der Waals surface area contributed by atoms with Gasteiger partial charge >= 0.3 is 0 Å². The Bertz CT molecular complexity index is 1600. The maximum absolute atomic E-state index is 6.10. The predicted octanol–water partition coefficient (Wildman–Crippen LogP) is 3.08. The van der Waals surface area contributed by atoms with Crippen molar-refractivity contribution >= 4 is 34.0 Å². The largest absolute Gasteiger partial charge is 0.488 e. The van der Waals surface area contributed by atoms with Gasteiger partial charge in [0, 0.05) is 43.7 Å². The first kappa shape index (κ1) is 20.8. The number of aryl methyl sites for hydroxylation is 1. The number of nitrogens with one attached hydrogen (secondary N) is 2. The van der Waals surface area contributed by atoms with Crippen LogP contribution in [-0.4, -0.2) is 61.8 Å². The van der Waals surface area contributed by atoms with Crippen LogP contribution in [0.25, 0.3) is 16.7 Å². The molecule has 7 rings (SSSR count). The average Bonchev–Trinajstić information content (AvgIpc) is 3.33. The van der Waals surface area contributed by atoms with Crippen molar-refractivity contribution in [3.8, 4) is 17.2 Å². The van der Waals surface area contributed by atoms with Crippen LogP contribution in [0, 0.1) is 6.92 Å². The molecule has 2 bridgehead atoms.